The zero-order valence-corrected chi connectivity index (χ0v) is 13.8. The summed E-state index contributed by atoms with van der Waals surface area (Å²) in [4.78, 5) is 16.6. The number of ether oxygens (including phenoxy) is 1. The zero-order valence-electron chi connectivity index (χ0n) is 12.9. The Labute approximate surface area is 143 Å². The van der Waals surface area contributed by atoms with Crippen LogP contribution in [0, 0.1) is 0 Å². The summed E-state index contributed by atoms with van der Waals surface area (Å²) in [6.07, 6.45) is 0. The third-order valence-electron chi connectivity index (χ3n) is 3.47. The molecule has 7 heteroatoms. The Balaban J connectivity index is 1.84. The second kappa shape index (κ2) is 6.59. The predicted molar refractivity (Wildman–Crippen MR) is 97.3 cm³/mol. The van der Waals surface area contributed by atoms with Crippen LogP contribution in [0.2, 0.25) is 0 Å². The van der Waals surface area contributed by atoms with Crippen molar-refractivity contribution in [1.29, 1.82) is 0 Å². The van der Waals surface area contributed by atoms with E-state index < -0.39 is 0 Å². The highest BCUT2D eigenvalue weighted by Crippen LogP contribution is 2.29. The van der Waals surface area contributed by atoms with Crippen LogP contribution in [0.4, 0.5) is 16.5 Å². The molecule has 0 bridgehead atoms. The van der Waals surface area contributed by atoms with E-state index in [1.54, 1.807) is 43.5 Å². The fourth-order valence-corrected chi connectivity index (χ4v) is 2.75. The number of nitrogens with two attached hydrogens (primary N) is 2. The molecule has 5 N–H and O–H groups in total. The van der Waals surface area contributed by atoms with Gasteiger partial charge in [-0.1, -0.05) is 6.07 Å². The first-order valence-corrected chi connectivity index (χ1v) is 8.01. The van der Waals surface area contributed by atoms with Gasteiger partial charge in [-0.15, -0.1) is 11.3 Å². The van der Waals surface area contributed by atoms with Gasteiger partial charge in [0.2, 0.25) is 0 Å². The number of nitrogen functional groups attached to an aromatic ring is 2. The molecule has 0 aliphatic rings. The van der Waals surface area contributed by atoms with Gasteiger partial charge in [0.25, 0.3) is 5.91 Å². The number of hydrogen-bond donors (Lipinski definition) is 3. The van der Waals surface area contributed by atoms with Gasteiger partial charge in [-0.3, -0.25) is 4.79 Å². The number of rotatable bonds is 4. The van der Waals surface area contributed by atoms with E-state index in [-0.39, 0.29) is 5.91 Å². The predicted octanol–water partition coefficient (Wildman–Crippen LogP) is 3.24. The van der Waals surface area contributed by atoms with Crippen molar-refractivity contribution in [2.75, 3.05) is 23.9 Å². The maximum absolute atomic E-state index is 12.4. The third kappa shape index (κ3) is 3.31. The van der Waals surface area contributed by atoms with Crippen molar-refractivity contribution in [2.24, 2.45) is 0 Å². The largest absolute Gasteiger partial charge is 0.497 e. The summed E-state index contributed by atoms with van der Waals surface area (Å²) in [6.45, 7) is 0. The van der Waals surface area contributed by atoms with Gasteiger partial charge in [0.1, 0.15) is 5.75 Å². The van der Waals surface area contributed by atoms with Crippen LogP contribution in [0.1, 0.15) is 10.4 Å². The minimum atomic E-state index is -0.251. The first-order valence-electron chi connectivity index (χ1n) is 7.13. The highest BCUT2D eigenvalue weighted by atomic mass is 32.1. The van der Waals surface area contributed by atoms with Crippen molar-refractivity contribution in [3.8, 4) is 17.0 Å². The highest BCUT2D eigenvalue weighted by molar-refractivity contribution is 7.13. The number of benzene rings is 2. The van der Waals surface area contributed by atoms with Gasteiger partial charge >= 0.3 is 0 Å². The summed E-state index contributed by atoms with van der Waals surface area (Å²) in [5, 5.41) is 5.17. The molecule has 3 rings (SSSR count). The Morgan fingerprint density at radius 1 is 1.17 bits per heavy atom. The number of amides is 1. The fourth-order valence-electron chi connectivity index (χ4n) is 2.18. The average Bonchev–Trinajstić information content (AvgIpc) is 3.03. The van der Waals surface area contributed by atoms with Crippen molar-refractivity contribution in [2.45, 2.75) is 0 Å². The first kappa shape index (κ1) is 15.8. The summed E-state index contributed by atoms with van der Waals surface area (Å²) in [5.41, 5.74) is 14.7. The quantitative estimate of drug-likeness (QED) is 0.633. The second-order valence-corrected chi connectivity index (χ2v) is 5.95. The maximum atomic E-state index is 12.4. The van der Waals surface area contributed by atoms with Crippen LogP contribution < -0.4 is 21.5 Å². The minimum absolute atomic E-state index is 0.251. The van der Waals surface area contributed by atoms with Crippen LogP contribution in [-0.4, -0.2) is 18.0 Å². The molecule has 0 aliphatic heterocycles. The maximum Gasteiger partial charge on any atom is 0.255 e. The van der Waals surface area contributed by atoms with Crippen molar-refractivity contribution in [3.05, 3.63) is 53.4 Å². The number of aromatic nitrogens is 1. The molecule has 1 aromatic heterocycles. The molecular weight excluding hydrogens is 324 g/mol. The van der Waals surface area contributed by atoms with Crippen molar-refractivity contribution in [1.82, 2.24) is 4.98 Å². The number of nitrogens with one attached hydrogen (secondary N) is 1. The summed E-state index contributed by atoms with van der Waals surface area (Å²) >= 11 is 1.36. The molecule has 2 aromatic carbocycles. The van der Waals surface area contributed by atoms with Gasteiger partial charge in [-0.2, -0.15) is 0 Å². The van der Waals surface area contributed by atoms with E-state index in [2.05, 4.69) is 10.3 Å². The lowest BCUT2D eigenvalue weighted by molar-refractivity contribution is 0.102. The topological polar surface area (TPSA) is 103 Å². The Morgan fingerprint density at radius 2 is 1.92 bits per heavy atom. The summed E-state index contributed by atoms with van der Waals surface area (Å²) < 4.78 is 5.09. The Hall–Kier alpha value is -3.06. The number of nitrogens with zero attached hydrogens (tertiary/aromatic N) is 1. The fraction of sp³-hybridized carbons (Fsp3) is 0.0588. The minimum Gasteiger partial charge on any atom is -0.497 e. The molecule has 122 valence electrons. The number of carbonyl (C=O) groups excluding carboxylic acids is 1. The van der Waals surface area contributed by atoms with Gasteiger partial charge in [-0.25, -0.2) is 4.98 Å². The van der Waals surface area contributed by atoms with Gasteiger partial charge in [0.15, 0.2) is 5.13 Å². The Bertz CT molecular complexity index is 875. The molecule has 0 unspecified atom stereocenters. The Kier molecular flexibility index (Phi) is 4.35. The molecule has 1 amide bonds. The van der Waals surface area contributed by atoms with Gasteiger partial charge in [-0.05, 0) is 36.4 Å². The first-order chi connectivity index (χ1) is 11.6. The second-order valence-electron chi connectivity index (χ2n) is 5.06. The molecule has 0 saturated heterocycles. The SMILES string of the molecule is COc1ccc(C(=O)Nc2cc(-c3csc(N)n3)ccc2N)cc1. The number of carbonyl (C=O) groups is 1. The molecule has 1 heterocycles. The van der Waals surface area contributed by atoms with Crippen LogP contribution in [0.5, 0.6) is 5.75 Å². The number of methoxy groups -OCH3 is 1. The van der Waals surface area contributed by atoms with Gasteiger partial charge < -0.3 is 21.5 Å². The van der Waals surface area contributed by atoms with Crippen LogP contribution in [0.25, 0.3) is 11.3 Å². The van der Waals surface area contributed by atoms with Crippen molar-refractivity contribution < 1.29 is 9.53 Å². The normalized spacial score (nSPS) is 10.4. The number of anilines is 3. The monoisotopic (exact) mass is 340 g/mol. The molecule has 0 fully saturated rings. The van der Waals surface area contributed by atoms with E-state index >= 15 is 0 Å². The molecule has 3 aromatic rings. The lowest BCUT2D eigenvalue weighted by Gasteiger charge is -2.10. The van der Waals surface area contributed by atoms with Gasteiger partial charge in [0.05, 0.1) is 24.2 Å². The Morgan fingerprint density at radius 3 is 2.54 bits per heavy atom. The van der Waals surface area contributed by atoms with Crippen molar-refractivity contribution >= 4 is 33.8 Å². The molecule has 0 radical (unpaired) electrons. The lowest BCUT2D eigenvalue weighted by Crippen LogP contribution is -2.13. The van der Waals surface area contributed by atoms with E-state index in [0.717, 1.165) is 11.3 Å². The molecule has 24 heavy (non-hydrogen) atoms. The van der Waals surface area contributed by atoms with E-state index in [4.69, 9.17) is 16.2 Å². The summed E-state index contributed by atoms with van der Waals surface area (Å²) in [6, 6.07) is 12.2. The number of thiazole rings is 1. The lowest BCUT2D eigenvalue weighted by atomic mass is 10.1. The molecule has 0 aliphatic carbocycles. The molecule has 0 spiro atoms. The molecule has 0 saturated carbocycles. The molecule has 6 nitrogen and oxygen atoms in total. The third-order valence-corrected chi connectivity index (χ3v) is 4.15. The van der Waals surface area contributed by atoms with Crippen LogP contribution in [0.15, 0.2) is 47.8 Å². The van der Waals surface area contributed by atoms with E-state index in [9.17, 15) is 4.79 Å². The number of hydrogen-bond acceptors (Lipinski definition) is 6. The summed E-state index contributed by atoms with van der Waals surface area (Å²) in [5.74, 6) is 0.438. The van der Waals surface area contributed by atoms with Crippen LogP contribution in [-0.2, 0) is 0 Å². The molecular formula is C17H16N4O2S. The highest BCUT2D eigenvalue weighted by Gasteiger charge is 2.11. The standard InChI is InChI=1S/C17H16N4O2S/c1-23-12-5-2-10(3-6-12)16(22)20-14-8-11(4-7-13(14)18)15-9-24-17(19)21-15/h2-9H,18H2,1H3,(H2,19,21)(H,20,22). The van der Waals surface area contributed by atoms with Crippen LogP contribution in [0.3, 0.4) is 0 Å². The van der Waals surface area contributed by atoms with E-state index in [1.807, 2.05) is 11.4 Å². The summed E-state index contributed by atoms with van der Waals surface area (Å²) in [7, 11) is 1.58. The van der Waals surface area contributed by atoms with E-state index in [0.29, 0.717) is 27.8 Å². The zero-order chi connectivity index (χ0) is 17.1. The van der Waals surface area contributed by atoms with E-state index in [1.165, 1.54) is 11.3 Å². The molecule has 0 atom stereocenters. The smallest absolute Gasteiger partial charge is 0.255 e. The average molecular weight is 340 g/mol. The van der Waals surface area contributed by atoms with Crippen LogP contribution >= 0.6 is 11.3 Å². The van der Waals surface area contributed by atoms with Crippen molar-refractivity contribution in [3.63, 3.8) is 0 Å². The van der Waals surface area contributed by atoms with Gasteiger partial charge in [0, 0.05) is 16.5 Å².